The minimum atomic E-state index is -0.322. The van der Waals surface area contributed by atoms with Crippen LogP contribution >= 0.6 is 0 Å². The lowest BCUT2D eigenvalue weighted by Crippen LogP contribution is -2.36. The molecule has 1 aromatic heterocycles. The molecule has 3 unspecified atom stereocenters. The smallest absolute Gasteiger partial charge is 0.225 e. The van der Waals surface area contributed by atoms with E-state index in [4.69, 9.17) is 10.2 Å². The van der Waals surface area contributed by atoms with Gasteiger partial charge in [0, 0.05) is 6.04 Å². The second-order valence-electron chi connectivity index (χ2n) is 5.40. The van der Waals surface area contributed by atoms with Crippen LogP contribution in [0.3, 0.4) is 0 Å². The molecule has 0 aliphatic rings. The first kappa shape index (κ1) is 15.3. The SMILES string of the molecule is Cc1ccc(C(C)NC(=O)C(C)C(N)c2ccccc2)o1. The van der Waals surface area contributed by atoms with Crippen LogP contribution in [0.4, 0.5) is 0 Å². The van der Waals surface area contributed by atoms with E-state index in [-0.39, 0.29) is 23.9 Å². The van der Waals surface area contributed by atoms with Crippen molar-refractivity contribution >= 4 is 5.91 Å². The third-order valence-electron chi connectivity index (χ3n) is 3.68. The number of carbonyl (C=O) groups is 1. The lowest BCUT2D eigenvalue weighted by molar-refractivity contribution is -0.125. The predicted octanol–water partition coefficient (Wildman–Crippen LogP) is 3.10. The zero-order chi connectivity index (χ0) is 15.4. The van der Waals surface area contributed by atoms with Crippen molar-refractivity contribution in [3.8, 4) is 0 Å². The Morgan fingerprint density at radius 2 is 1.81 bits per heavy atom. The van der Waals surface area contributed by atoms with Gasteiger partial charge in [-0.1, -0.05) is 37.3 Å². The highest BCUT2D eigenvalue weighted by Crippen LogP contribution is 2.21. The van der Waals surface area contributed by atoms with Crippen molar-refractivity contribution in [1.82, 2.24) is 5.32 Å². The van der Waals surface area contributed by atoms with E-state index in [1.54, 1.807) is 0 Å². The highest BCUT2D eigenvalue weighted by atomic mass is 16.3. The number of hydrogen-bond donors (Lipinski definition) is 2. The van der Waals surface area contributed by atoms with Crippen molar-refractivity contribution in [2.45, 2.75) is 32.9 Å². The average molecular weight is 286 g/mol. The van der Waals surface area contributed by atoms with E-state index < -0.39 is 0 Å². The second-order valence-corrected chi connectivity index (χ2v) is 5.40. The van der Waals surface area contributed by atoms with E-state index >= 15 is 0 Å². The van der Waals surface area contributed by atoms with Gasteiger partial charge in [0.1, 0.15) is 11.5 Å². The number of hydrogen-bond acceptors (Lipinski definition) is 3. The first-order valence-electron chi connectivity index (χ1n) is 7.16. The third kappa shape index (κ3) is 3.73. The maximum atomic E-state index is 12.3. The number of carbonyl (C=O) groups excluding carboxylic acids is 1. The Morgan fingerprint density at radius 3 is 2.38 bits per heavy atom. The summed E-state index contributed by atoms with van der Waals surface area (Å²) in [6.07, 6.45) is 0. The van der Waals surface area contributed by atoms with E-state index in [0.29, 0.717) is 0 Å². The average Bonchev–Trinajstić information content (AvgIpc) is 2.93. The van der Waals surface area contributed by atoms with Crippen LogP contribution in [0.5, 0.6) is 0 Å². The van der Waals surface area contributed by atoms with Gasteiger partial charge < -0.3 is 15.5 Å². The van der Waals surface area contributed by atoms with Gasteiger partial charge in [-0.15, -0.1) is 0 Å². The fourth-order valence-corrected chi connectivity index (χ4v) is 2.23. The molecule has 112 valence electrons. The summed E-state index contributed by atoms with van der Waals surface area (Å²) >= 11 is 0. The molecule has 0 aliphatic carbocycles. The standard InChI is InChI=1S/C17H22N2O2/c1-11-9-10-15(21-11)13(3)19-17(20)12(2)16(18)14-7-5-4-6-8-14/h4-10,12-13,16H,18H2,1-3H3,(H,19,20). The van der Waals surface area contributed by atoms with Gasteiger partial charge in [0.15, 0.2) is 0 Å². The van der Waals surface area contributed by atoms with Crippen LogP contribution in [0.25, 0.3) is 0 Å². The summed E-state index contributed by atoms with van der Waals surface area (Å²) in [6.45, 7) is 5.62. The molecular formula is C17H22N2O2. The Balaban J connectivity index is 1.99. The number of benzene rings is 1. The maximum Gasteiger partial charge on any atom is 0.225 e. The molecule has 1 heterocycles. The molecule has 0 radical (unpaired) electrons. The molecule has 0 spiro atoms. The summed E-state index contributed by atoms with van der Waals surface area (Å²) in [5.41, 5.74) is 7.13. The van der Waals surface area contributed by atoms with E-state index in [2.05, 4.69) is 5.32 Å². The molecule has 0 saturated heterocycles. The van der Waals surface area contributed by atoms with Crippen molar-refractivity contribution in [2.75, 3.05) is 0 Å². The van der Waals surface area contributed by atoms with E-state index in [9.17, 15) is 4.79 Å². The number of amides is 1. The van der Waals surface area contributed by atoms with E-state index in [1.165, 1.54) is 0 Å². The van der Waals surface area contributed by atoms with Crippen LogP contribution in [0.15, 0.2) is 46.9 Å². The zero-order valence-corrected chi connectivity index (χ0v) is 12.7. The second kappa shape index (κ2) is 6.59. The Morgan fingerprint density at radius 1 is 1.14 bits per heavy atom. The van der Waals surface area contributed by atoms with Crippen LogP contribution in [-0.2, 0) is 4.79 Å². The van der Waals surface area contributed by atoms with Crippen molar-refractivity contribution in [2.24, 2.45) is 11.7 Å². The van der Waals surface area contributed by atoms with Crippen molar-refractivity contribution in [3.63, 3.8) is 0 Å². The minimum Gasteiger partial charge on any atom is -0.464 e. The number of rotatable bonds is 5. The Labute approximate surface area is 125 Å². The van der Waals surface area contributed by atoms with Gasteiger partial charge in [-0.2, -0.15) is 0 Å². The number of furan rings is 1. The molecule has 1 aromatic carbocycles. The molecule has 0 aliphatic heterocycles. The topological polar surface area (TPSA) is 68.3 Å². The third-order valence-corrected chi connectivity index (χ3v) is 3.68. The molecular weight excluding hydrogens is 264 g/mol. The van der Waals surface area contributed by atoms with Crippen molar-refractivity contribution in [3.05, 3.63) is 59.5 Å². The minimum absolute atomic E-state index is 0.0760. The summed E-state index contributed by atoms with van der Waals surface area (Å²) in [4.78, 5) is 12.3. The monoisotopic (exact) mass is 286 g/mol. The molecule has 4 heteroatoms. The molecule has 3 N–H and O–H groups in total. The molecule has 0 bridgehead atoms. The largest absolute Gasteiger partial charge is 0.464 e. The normalized spacial score (nSPS) is 15.2. The lowest BCUT2D eigenvalue weighted by atomic mass is 9.94. The van der Waals surface area contributed by atoms with Gasteiger partial charge >= 0.3 is 0 Å². The van der Waals surface area contributed by atoms with E-state index in [0.717, 1.165) is 17.1 Å². The van der Waals surface area contributed by atoms with E-state index in [1.807, 2.05) is 63.2 Å². The van der Waals surface area contributed by atoms with Crippen molar-refractivity contribution in [1.29, 1.82) is 0 Å². The summed E-state index contributed by atoms with van der Waals surface area (Å²) in [5, 5.41) is 2.95. The van der Waals surface area contributed by atoms with Gasteiger partial charge in [0.25, 0.3) is 0 Å². The number of nitrogens with two attached hydrogens (primary N) is 1. The Kier molecular flexibility index (Phi) is 4.81. The molecule has 1 amide bonds. The Hall–Kier alpha value is -2.07. The van der Waals surface area contributed by atoms with Gasteiger partial charge in [0.05, 0.1) is 12.0 Å². The number of aryl methyl sites for hydroxylation is 1. The first-order chi connectivity index (χ1) is 9.99. The van der Waals surface area contributed by atoms with Gasteiger partial charge in [-0.05, 0) is 31.5 Å². The molecule has 2 rings (SSSR count). The van der Waals surface area contributed by atoms with Crippen LogP contribution in [0.1, 0.15) is 43.0 Å². The summed E-state index contributed by atoms with van der Waals surface area (Å²) < 4.78 is 5.53. The van der Waals surface area contributed by atoms with Crippen LogP contribution in [0, 0.1) is 12.8 Å². The predicted molar refractivity (Wildman–Crippen MR) is 82.5 cm³/mol. The summed E-state index contributed by atoms with van der Waals surface area (Å²) in [7, 11) is 0. The molecule has 0 fully saturated rings. The highest BCUT2D eigenvalue weighted by molar-refractivity contribution is 5.79. The lowest BCUT2D eigenvalue weighted by Gasteiger charge is -2.21. The van der Waals surface area contributed by atoms with Gasteiger partial charge in [0.2, 0.25) is 5.91 Å². The Bertz CT molecular complexity index is 592. The van der Waals surface area contributed by atoms with Gasteiger partial charge in [-0.25, -0.2) is 0 Å². The fraction of sp³-hybridized carbons (Fsp3) is 0.353. The van der Waals surface area contributed by atoms with Crippen molar-refractivity contribution < 1.29 is 9.21 Å². The quantitative estimate of drug-likeness (QED) is 0.887. The zero-order valence-electron chi connectivity index (χ0n) is 12.7. The highest BCUT2D eigenvalue weighted by Gasteiger charge is 2.24. The summed E-state index contributed by atoms with van der Waals surface area (Å²) in [5.74, 6) is 1.19. The number of nitrogens with one attached hydrogen (secondary N) is 1. The van der Waals surface area contributed by atoms with Crippen LogP contribution < -0.4 is 11.1 Å². The van der Waals surface area contributed by atoms with Gasteiger partial charge in [-0.3, -0.25) is 4.79 Å². The fourth-order valence-electron chi connectivity index (χ4n) is 2.23. The first-order valence-corrected chi connectivity index (χ1v) is 7.16. The molecule has 3 atom stereocenters. The molecule has 0 saturated carbocycles. The van der Waals surface area contributed by atoms with Crippen LogP contribution in [0.2, 0.25) is 0 Å². The molecule has 2 aromatic rings. The molecule has 21 heavy (non-hydrogen) atoms. The molecule has 4 nitrogen and oxygen atoms in total. The van der Waals surface area contributed by atoms with Crippen LogP contribution in [-0.4, -0.2) is 5.91 Å². The summed E-state index contributed by atoms with van der Waals surface area (Å²) in [6, 6.07) is 12.9. The maximum absolute atomic E-state index is 12.3.